The van der Waals surface area contributed by atoms with Gasteiger partial charge < -0.3 is 10.1 Å². The van der Waals surface area contributed by atoms with Crippen molar-refractivity contribution in [3.8, 4) is 5.75 Å². The molecule has 0 saturated heterocycles. The lowest BCUT2D eigenvalue weighted by Gasteiger charge is -2.14. The molecule has 0 saturated carbocycles. The van der Waals surface area contributed by atoms with Crippen molar-refractivity contribution in [2.45, 2.75) is 32.6 Å². The third-order valence-electron chi connectivity index (χ3n) is 5.17. The Kier molecular flexibility index (Phi) is 7.66. The second kappa shape index (κ2) is 10.3. The summed E-state index contributed by atoms with van der Waals surface area (Å²) in [4.78, 5) is 12.6. The summed E-state index contributed by atoms with van der Waals surface area (Å²) < 4.78 is 34.3. The van der Waals surface area contributed by atoms with Crippen molar-refractivity contribution >= 4 is 33.2 Å². The standard InChI is InChI=1S/C25H27ClN2O4S/c1-16-5-10-23(19(4)13-16)28-33(30,31)24-14-20(8-6-18(24)3)25(29)27-11-12-32-21-9-7-17(2)22(26)15-21/h5-10,13-15,28H,11-12H2,1-4H3,(H,27,29). The molecule has 0 aliphatic heterocycles. The van der Waals surface area contributed by atoms with Gasteiger partial charge in [-0.2, -0.15) is 0 Å². The molecule has 2 N–H and O–H groups in total. The first-order valence-electron chi connectivity index (χ1n) is 10.4. The Hall–Kier alpha value is -3.03. The molecule has 6 nitrogen and oxygen atoms in total. The highest BCUT2D eigenvalue weighted by atomic mass is 35.5. The Balaban J connectivity index is 1.66. The average molecular weight is 487 g/mol. The second-order valence-corrected chi connectivity index (χ2v) is 9.98. The van der Waals surface area contributed by atoms with Crippen LogP contribution in [-0.4, -0.2) is 27.5 Å². The van der Waals surface area contributed by atoms with Crippen LogP contribution in [0.25, 0.3) is 0 Å². The van der Waals surface area contributed by atoms with Crippen LogP contribution in [0.4, 0.5) is 5.69 Å². The number of hydrogen-bond acceptors (Lipinski definition) is 4. The molecule has 0 spiro atoms. The Morgan fingerprint density at radius 2 is 1.64 bits per heavy atom. The maximum atomic E-state index is 13.0. The number of anilines is 1. The summed E-state index contributed by atoms with van der Waals surface area (Å²) in [6.07, 6.45) is 0. The van der Waals surface area contributed by atoms with Crippen molar-refractivity contribution in [1.29, 1.82) is 0 Å². The highest BCUT2D eigenvalue weighted by molar-refractivity contribution is 7.92. The topological polar surface area (TPSA) is 84.5 Å². The third kappa shape index (κ3) is 6.27. The largest absolute Gasteiger partial charge is 0.492 e. The fourth-order valence-electron chi connectivity index (χ4n) is 3.26. The van der Waals surface area contributed by atoms with Crippen LogP contribution in [0.15, 0.2) is 59.5 Å². The van der Waals surface area contributed by atoms with E-state index in [-0.39, 0.29) is 29.5 Å². The van der Waals surface area contributed by atoms with Crippen LogP contribution in [0.1, 0.15) is 32.6 Å². The first-order chi connectivity index (χ1) is 15.6. The molecule has 1 amide bonds. The molecule has 0 aliphatic carbocycles. The number of carbonyl (C=O) groups is 1. The number of sulfonamides is 1. The van der Waals surface area contributed by atoms with Gasteiger partial charge in [-0.25, -0.2) is 8.42 Å². The van der Waals surface area contributed by atoms with Gasteiger partial charge >= 0.3 is 0 Å². The number of benzene rings is 3. The van der Waals surface area contributed by atoms with E-state index in [0.29, 0.717) is 22.0 Å². The quantitative estimate of drug-likeness (QED) is 0.429. The predicted octanol–water partition coefficient (Wildman–Crippen LogP) is 5.18. The van der Waals surface area contributed by atoms with Crippen LogP contribution in [-0.2, 0) is 10.0 Å². The van der Waals surface area contributed by atoms with E-state index in [9.17, 15) is 13.2 Å². The van der Waals surface area contributed by atoms with Gasteiger partial charge in [-0.05, 0) is 74.7 Å². The van der Waals surface area contributed by atoms with E-state index >= 15 is 0 Å². The lowest BCUT2D eigenvalue weighted by molar-refractivity contribution is 0.0946. The van der Waals surface area contributed by atoms with Crippen molar-refractivity contribution in [3.63, 3.8) is 0 Å². The van der Waals surface area contributed by atoms with E-state index < -0.39 is 10.0 Å². The maximum Gasteiger partial charge on any atom is 0.262 e. The van der Waals surface area contributed by atoms with Crippen molar-refractivity contribution in [2.75, 3.05) is 17.9 Å². The van der Waals surface area contributed by atoms with E-state index in [4.69, 9.17) is 16.3 Å². The lowest BCUT2D eigenvalue weighted by Crippen LogP contribution is -2.28. The third-order valence-corrected chi connectivity index (χ3v) is 7.08. The van der Waals surface area contributed by atoms with Gasteiger partial charge in [0.25, 0.3) is 15.9 Å². The lowest BCUT2D eigenvalue weighted by atomic mass is 10.1. The van der Waals surface area contributed by atoms with Gasteiger partial charge in [0.2, 0.25) is 0 Å². The summed E-state index contributed by atoms with van der Waals surface area (Å²) >= 11 is 6.08. The molecule has 0 bridgehead atoms. The molecule has 0 aromatic heterocycles. The molecule has 0 fully saturated rings. The fraction of sp³-hybridized carbons (Fsp3) is 0.240. The smallest absolute Gasteiger partial charge is 0.262 e. The SMILES string of the molecule is Cc1ccc(NS(=O)(=O)c2cc(C(=O)NCCOc3ccc(C)c(Cl)c3)ccc2C)c(C)c1. The molecule has 174 valence electrons. The Bertz CT molecular complexity index is 1290. The van der Waals surface area contributed by atoms with E-state index in [1.165, 1.54) is 6.07 Å². The molecule has 3 aromatic rings. The normalized spacial score (nSPS) is 11.2. The molecule has 3 rings (SSSR count). The molecule has 33 heavy (non-hydrogen) atoms. The number of carbonyl (C=O) groups excluding carboxylic acids is 1. The molecule has 0 atom stereocenters. The van der Waals surface area contributed by atoms with E-state index in [1.54, 1.807) is 31.2 Å². The van der Waals surface area contributed by atoms with Crippen LogP contribution >= 0.6 is 11.6 Å². The Morgan fingerprint density at radius 3 is 2.33 bits per heavy atom. The van der Waals surface area contributed by atoms with Gasteiger partial charge in [0.15, 0.2) is 0 Å². The Labute approximate surface area is 200 Å². The molecular formula is C25H27ClN2O4S. The number of nitrogens with one attached hydrogen (secondary N) is 2. The minimum Gasteiger partial charge on any atom is -0.492 e. The zero-order valence-corrected chi connectivity index (χ0v) is 20.6. The van der Waals surface area contributed by atoms with Crippen molar-refractivity contribution in [2.24, 2.45) is 0 Å². The minimum atomic E-state index is -3.87. The second-order valence-electron chi connectivity index (χ2n) is 7.92. The molecule has 0 radical (unpaired) electrons. The Morgan fingerprint density at radius 1 is 0.909 bits per heavy atom. The molecule has 3 aromatic carbocycles. The highest BCUT2D eigenvalue weighted by Crippen LogP contribution is 2.24. The molecule has 8 heteroatoms. The van der Waals surface area contributed by atoms with E-state index in [0.717, 1.165) is 16.7 Å². The maximum absolute atomic E-state index is 13.0. The van der Waals surface area contributed by atoms with Crippen LogP contribution in [0.5, 0.6) is 5.75 Å². The van der Waals surface area contributed by atoms with Gasteiger partial charge in [-0.15, -0.1) is 0 Å². The fourth-order valence-corrected chi connectivity index (χ4v) is 4.83. The van der Waals surface area contributed by atoms with Gasteiger partial charge in [0, 0.05) is 10.6 Å². The van der Waals surface area contributed by atoms with Crippen molar-refractivity contribution in [1.82, 2.24) is 5.32 Å². The van der Waals surface area contributed by atoms with Crippen molar-refractivity contribution < 1.29 is 17.9 Å². The van der Waals surface area contributed by atoms with Gasteiger partial charge in [0.05, 0.1) is 17.1 Å². The van der Waals surface area contributed by atoms with Gasteiger partial charge in [-0.3, -0.25) is 9.52 Å². The monoisotopic (exact) mass is 486 g/mol. The number of rotatable bonds is 8. The first-order valence-corrected chi connectivity index (χ1v) is 12.3. The van der Waals surface area contributed by atoms with Crippen LogP contribution < -0.4 is 14.8 Å². The van der Waals surface area contributed by atoms with Crippen molar-refractivity contribution in [3.05, 3.63) is 87.4 Å². The summed E-state index contributed by atoms with van der Waals surface area (Å²) in [5.41, 5.74) is 4.11. The molecular weight excluding hydrogens is 460 g/mol. The van der Waals surface area contributed by atoms with Crippen LogP contribution in [0.3, 0.4) is 0 Å². The summed E-state index contributed by atoms with van der Waals surface area (Å²) in [6.45, 7) is 7.88. The van der Waals surface area contributed by atoms with Gasteiger partial charge in [-0.1, -0.05) is 41.4 Å². The summed E-state index contributed by atoms with van der Waals surface area (Å²) in [5, 5.41) is 3.36. The minimum absolute atomic E-state index is 0.0562. The predicted molar refractivity (Wildman–Crippen MR) is 132 cm³/mol. The summed E-state index contributed by atoms with van der Waals surface area (Å²) in [7, 11) is -3.87. The van der Waals surface area contributed by atoms with E-state index in [2.05, 4.69) is 10.0 Å². The summed E-state index contributed by atoms with van der Waals surface area (Å²) in [5.74, 6) is 0.226. The first kappa shape index (κ1) is 24.6. The van der Waals surface area contributed by atoms with E-state index in [1.807, 2.05) is 45.0 Å². The summed E-state index contributed by atoms with van der Waals surface area (Å²) in [6, 6.07) is 15.5. The van der Waals surface area contributed by atoms with Crippen LogP contribution in [0, 0.1) is 27.7 Å². The number of hydrogen-bond donors (Lipinski definition) is 2. The average Bonchev–Trinajstić information content (AvgIpc) is 2.75. The number of halogens is 1. The zero-order chi connectivity index (χ0) is 24.2. The highest BCUT2D eigenvalue weighted by Gasteiger charge is 2.20. The zero-order valence-electron chi connectivity index (χ0n) is 19.0. The molecule has 0 unspecified atom stereocenters. The molecule has 0 heterocycles. The number of ether oxygens (including phenoxy) is 1. The van der Waals surface area contributed by atoms with Crippen LogP contribution in [0.2, 0.25) is 5.02 Å². The van der Waals surface area contributed by atoms with Gasteiger partial charge in [0.1, 0.15) is 12.4 Å². The number of amides is 1. The molecule has 0 aliphatic rings. The number of aryl methyl sites for hydroxylation is 4.